The molecule has 184 valence electrons. The predicted octanol–water partition coefficient (Wildman–Crippen LogP) is 6.68. The predicted molar refractivity (Wildman–Crippen MR) is 136 cm³/mol. The summed E-state index contributed by atoms with van der Waals surface area (Å²) >= 11 is 6.23. The summed E-state index contributed by atoms with van der Waals surface area (Å²) in [5.74, 6) is 0.892. The van der Waals surface area contributed by atoms with Crippen LogP contribution >= 0.6 is 31.9 Å². The van der Waals surface area contributed by atoms with E-state index in [0.29, 0.717) is 14.6 Å². The van der Waals surface area contributed by atoms with Crippen molar-refractivity contribution in [2.45, 2.75) is 27.7 Å². The van der Waals surface area contributed by atoms with Gasteiger partial charge in [0, 0.05) is 39.2 Å². The van der Waals surface area contributed by atoms with Gasteiger partial charge in [0.15, 0.2) is 0 Å². The molecule has 10 nitrogen and oxygen atoms in total. The van der Waals surface area contributed by atoms with E-state index in [1.165, 1.54) is 12.1 Å². The average molecular weight is 612 g/mol. The molecule has 35 heavy (non-hydrogen) atoms. The number of nitro groups is 2. The molecular weight excluding hydrogens is 591 g/mol. The number of hydrogen-bond acceptors (Lipinski definition) is 6. The molecule has 13 heteroatoms. The second-order valence-electron chi connectivity index (χ2n) is 7.19. The molecule has 0 aliphatic heterocycles. The first kappa shape index (κ1) is 27.8. The lowest BCUT2D eigenvalue weighted by Gasteiger charge is -2.06. The Kier molecular flexibility index (Phi) is 9.78. The summed E-state index contributed by atoms with van der Waals surface area (Å²) in [6.07, 6.45) is 3.60. The van der Waals surface area contributed by atoms with Gasteiger partial charge in [0.2, 0.25) is 5.82 Å². The highest BCUT2D eigenvalue weighted by Gasteiger charge is 2.17. The Balaban J connectivity index is 0.000000205. The van der Waals surface area contributed by atoms with Crippen LogP contribution in [0.25, 0.3) is 5.69 Å². The number of benzene rings is 2. The van der Waals surface area contributed by atoms with E-state index in [2.05, 4.69) is 46.8 Å². The fraction of sp³-hybridized carbons (Fsp3) is 0.182. The zero-order valence-electron chi connectivity index (χ0n) is 19.1. The van der Waals surface area contributed by atoms with Crippen LogP contribution in [0.1, 0.15) is 23.0 Å². The van der Waals surface area contributed by atoms with Crippen molar-refractivity contribution < 1.29 is 14.2 Å². The molecule has 2 aromatic carbocycles. The van der Waals surface area contributed by atoms with Gasteiger partial charge < -0.3 is 4.98 Å². The van der Waals surface area contributed by atoms with E-state index in [-0.39, 0.29) is 5.69 Å². The SMILES string of the molecule is Cc1cn(-c2ccc(Br)cc2[N+](=O)[O-])c(C)n1.Cc1cnc(C)[nH]1.O=[N+]([O-])c1cc(Br)ccc1F. The Hall–Kier alpha value is -3.45. The molecule has 2 heterocycles. The maximum Gasteiger partial charge on any atom is 0.305 e. The summed E-state index contributed by atoms with van der Waals surface area (Å²) in [6, 6.07) is 8.54. The number of nitrogens with one attached hydrogen (secondary N) is 1. The van der Waals surface area contributed by atoms with Crippen LogP contribution < -0.4 is 0 Å². The van der Waals surface area contributed by atoms with Gasteiger partial charge in [-0.3, -0.25) is 24.8 Å². The third-order valence-corrected chi connectivity index (χ3v) is 5.32. The molecule has 1 N–H and O–H groups in total. The van der Waals surface area contributed by atoms with E-state index in [9.17, 15) is 24.6 Å². The van der Waals surface area contributed by atoms with E-state index >= 15 is 0 Å². The van der Waals surface area contributed by atoms with Crippen molar-refractivity contribution in [2.24, 2.45) is 0 Å². The topological polar surface area (TPSA) is 133 Å². The van der Waals surface area contributed by atoms with Crippen molar-refractivity contribution in [3.05, 3.63) is 107 Å². The van der Waals surface area contributed by atoms with Gasteiger partial charge >= 0.3 is 5.69 Å². The molecule has 0 fully saturated rings. The molecule has 4 rings (SSSR count). The Morgan fingerprint density at radius 3 is 1.91 bits per heavy atom. The molecule has 0 atom stereocenters. The lowest BCUT2D eigenvalue weighted by atomic mass is 10.2. The van der Waals surface area contributed by atoms with Gasteiger partial charge in [-0.25, -0.2) is 9.97 Å². The first-order valence-electron chi connectivity index (χ1n) is 9.93. The van der Waals surface area contributed by atoms with Gasteiger partial charge in [-0.15, -0.1) is 0 Å². The van der Waals surface area contributed by atoms with Crippen molar-refractivity contribution in [3.63, 3.8) is 0 Å². The van der Waals surface area contributed by atoms with Crippen molar-refractivity contribution in [1.29, 1.82) is 0 Å². The summed E-state index contributed by atoms with van der Waals surface area (Å²) in [5.41, 5.74) is 2.02. The Bertz CT molecular complexity index is 1340. The van der Waals surface area contributed by atoms with Crippen LogP contribution in [-0.2, 0) is 0 Å². The van der Waals surface area contributed by atoms with Crippen molar-refractivity contribution in [3.8, 4) is 5.69 Å². The lowest BCUT2D eigenvalue weighted by Crippen LogP contribution is -2.01. The molecule has 0 unspecified atom stereocenters. The van der Waals surface area contributed by atoms with Crippen molar-refractivity contribution >= 4 is 43.2 Å². The fourth-order valence-electron chi connectivity index (χ4n) is 2.88. The van der Waals surface area contributed by atoms with E-state index in [1.54, 1.807) is 22.9 Å². The number of nitrogens with zero attached hydrogens (tertiary/aromatic N) is 5. The van der Waals surface area contributed by atoms with Gasteiger partial charge in [0.05, 0.1) is 15.5 Å². The van der Waals surface area contributed by atoms with Crippen LogP contribution in [0.2, 0.25) is 0 Å². The monoisotopic (exact) mass is 610 g/mol. The maximum atomic E-state index is 12.6. The second kappa shape index (κ2) is 12.3. The normalized spacial score (nSPS) is 10.0. The summed E-state index contributed by atoms with van der Waals surface area (Å²) in [4.78, 5) is 31.2. The molecule has 0 aliphatic rings. The van der Waals surface area contributed by atoms with Crippen LogP contribution in [0.15, 0.2) is 57.7 Å². The summed E-state index contributed by atoms with van der Waals surface area (Å²) in [7, 11) is 0. The highest BCUT2D eigenvalue weighted by atomic mass is 79.9. The molecule has 0 saturated heterocycles. The average Bonchev–Trinajstić information content (AvgIpc) is 3.33. The standard InChI is InChI=1S/C11H10BrN3O2.C6H3BrFNO2.C5H8N2/c1-7-6-14(8(2)13-7)10-4-3-9(12)5-11(10)15(16)17;7-4-1-2-5(8)6(3-4)9(10)11;1-4-3-6-5(2)7-4/h3-6H,1-2H3;1-3H;3H,1-2H3,(H,6,7). The van der Waals surface area contributed by atoms with Gasteiger partial charge in [0.1, 0.15) is 17.3 Å². The van der Waals surface area contributed by atoms with Gasteiger partial charge in [-0.1, -0.05) is 31.9 Å². The first-order valence-corrected chi connectivity index (χ1v) is 11.5. The largest absolute Gasteiger partial charge is 0.346 e. The fourth-order valence-corrected chi connectivity index (χ4v) is 3.58. The molecule has 0 spiro atoms. The maximum absolute atomic E-state index is 12.6. The highest BCUT2D eigenvalue weighted by Crippen LogP contribution is 2.27. The molecule has 0 saturated carbocycles. The Morgan fingerprint density at radius 2 is 1.51 bits per heavy atom. The van der Waals surface area contributed by atoms with Crippen LogP contribution in [-0.4, -0.2) is 29.4 Å². The third-order valence-electron chi connectivity index (χ3n) is 4.33. The first-order chi connectivity index (χ1) is 16.4. The summed E-state index contributed by atoms with van der Waals surface area (Å²) in [6.45, 7) is 7.60. The van der Waals surface area contributed by atoms with Crippen LogP contribution in [0.3, 0.4) is 0 Å². The minimum Gasteiger partial charge on any atom is -0.346 e. The second-order valence-corrected chi connectivity index (χ2v) is 9.03. The number of aryl methyl sites for hydroxylation is 4. The van der Waals surface area contributed by atoms with Crippen molar-refractivity contribution in [1.82, 2.24) is 19.5 Å². The number of aromatic nitrogens is 4. The Morgan fingerprint density at radius 1 is 0.943 bits per heavy atom. The van der Waals surface area contributed by atoms with E-state index in [0.717, 1.165) is 35.2 Å². The number of nitro benzene ring substituents is 2. The molecule has 4 aromatic rings. The quantitative estimate of drug-likeness (QED) is 0.203. The zero-order valence-corrected chi connectivity index (χ0v) is 22.3. The number of aromatic amines is 1. The molecule has 0 aliphatic carbocycles. The zero-order chi connectivity index (χ0) is 26.3. The summed E-state index contributed by atoms with van der Waals surface area (Å²) < 4.78 is 15.5. The van der Waals surface area contributed by atoms with Gasteiger partial charge in [-0.05, 0) is 52.0 Å². The summed E-state index contributed by atoms with van der Waals surface area (Å²) in [5, 5.41) is 21.1. The van der Waals surface area contributed by atoms with Gasteiger partial charge in [0.25, 0.3) is 5.69 Å². The number of halogens is 3. The van der Waals surface area contributed by atoms with Gasteiger partial charge in [-0.2, -0.15) is 4.39 Å². The minimum absolute atomic E-state index is 0.0554. The van der Waals surface area contributed by atoms with E-state index in [4.69, 9.17) is 0 Å². The number of rotatable bonds is 3. The van der Waals surface area contributed by atoms with Crippen LogP contribution in [0.4, 0.5) is 15.8 Å². The van der Waals surface area contributed by atoms with E-state index in [1.807, 2.05) is 33.9 Å². The minimum atomic E-state index is -0.821. The number of hydrogen-bond donors (Lipinski definition) is 1. The smallest absolute Gasteiger partial charge is 0.305 e. The lowest BCUT2D eigenvalue weighted by molar-refractivity contribution is -0.387. The van der Waals surface area contributed by atoms with Crippen molar-refractivity contribution in [2.75, 3.05) is 0 Å². The Labute approximate surface area is 216 Å². The molecule has 2 aromatic heterocycles. The third kappa shape index (κ3) is 8.07. The van der Waals surface area contributed by atoms with Crippen LogP contribution in [0.5, 0.6) is 0 Å². The molecule has 0 amide bonds. The number of H-pyrrole nitrogens is 1. The van der Waals surface area contributed by atoms with E-state index < -0.39 is 21.4 Å². The molecule has 0 bridgehead atoms. The van der Waals surface area contributed by atoms with Crippen LogP contribution in [0, 0.1) is 53.7 Å². The highest BCUT2D eigenvalue weighted by molar-refractivity contribution is 9.10. The number of imidazole rings is 2. The molecular formula is C22H21Br2FN6O4. The molecule has 0 radical (unpaired) electrons.